The average Bonchev–Trinajstić information content (AvgIpc) is 2.64. The first-order valence-corrected chi connectivity index (χ1v) is 8.27. The van der Waals surface area contributed by atoms with Gasteiger partial charge < -0.3 is 9.47 Å². The zero-order valence-electron chi connectivity index (χ0n) is 14.2. The summed E-state index contributed by atoms with van der Waals surface area (Å²) < 4.78 is 11.1. The molecule has 0 spiro atoms. The first-order valence-electron chi connectivity index (χ1n) is 7.90. The molecule has 8 heteroatoms. The van der Waals surface area contributed by atoms with Crippen LogP contribution in [0.25, 0.3) is 6.08 Å². The van der Waals surface area contributed by atoms with E-state index in [9.17, 15) is 14.4 Å². The molecule has 27 heavy (non-hydrogen) atoms. The quantitative estimate of drug-likeness (QED) is 0.608. The first-order chi connectivity index (χ1) is 13.0. The van der Waals surface area contributed by atoms with E-state index in [1.807, 2.05) is 22.8 Å². The van der Waals surface area contributed by atoms with Gasteiger partial charge in [-0.1, -0.05) is 29.8 Å². The number of hydrogen-bond donors (Lipinski definition) is 2. The van der Waals surface area contributed by atoms with Crippen LogP contribution < -0.4 is 20.1 Å². The lowest BCUT2D eigenvalue weighted by molar-refractivity contribution is -0.123. The molecule has 2 aromatic rings. The molecular formula is C19H15ClN2O5. The molecule has 7 nitrogen and oxygen atoms in total. The number of barbiturate groups is 1. The van der Waals surface area contributed by atoms with Crippen LogP contribution >= 0.6 is 11.6 Å². The summed E-state index contributed by atoms with van der Waals surface area (Å²) in [4.78, 5) is 34.7. The molecule has 1 aliphatic rings. The summed E-state index contributed by atoms with van der Waals surface area (Å²) in [6.45, 7) is 0.320. The SMILES string of the molecule is COc1cc(C=C2C(=O)NC(=O)NC2=O)ccc1OCc1ccc(Cl)cc1. The molecule has 0 radical (unpaired) electrons. The molecule has 0 aliphatic carbocycles. The van der Waals surface area contributed by atoms with Crippen LogP contribution in [0.1, 0.15) is 11.1 Å². The molecule has 0 bridgehead atoms. The third-order valence-corrected chi connectivity index (χ3v) is 4.00. The standard InChI is InChI=1S/C19H15ClN2O5/c1-26-16-9-12(8-14-17(23)21-19(25)22-18(14)24)4-7-15(16)27-10-11-2-5-13(20)6-3-11/h2-9H,10H2,1H3,(H2,21,22,23,24,25). The summed E-state index contributed by atoms with van der Waals surface area (Å²) >= 11 is 5.86. The van der Waals surface area contributed by atoms with Crippen LogP contribution in [0.15, 0.2) is 48.0 Å². The molecule has 0 saturated carbocycles. The summed E-state index contributed by atoms with van der Waals surface area (Å²) in [5, 5.41) is 4.68. The number of rotatable bonds is 5. The maximum Gasteiger partial charge on any atom is 0.328 e. The van der Waals surface area contributed by atoms with Crippen molar-refractivity contribution in [2.45, 2.75) is 6.61 Å². The van der Waals surface area contributed by atoms with E-state index >= 15 is 0 Å². The molecule has 0 unspecified atom stereocenters. The van der Waals surface area contributed by atoms with Gasteiger partial charge in [0.2, 0.25) is 0 Å². The fraction of sp³-hybridized carbons (Fsp3) is 0.105. The van der Waals surface area contributed by atoms with Gasteiger partial charge in [0.25, 0.3) is 11.8 Å². The van der Waals surface area contributed by atoms with Crippen molar-refractivity contribution in [2.75, 3.05) is 7.11 Å². The van der Waals surface area contributed by atoms with E-state index in [-0.39, 0.29) is 5.57 Å². The van der Waals surface area contributed by atoms with Gasteiger partial charge in [-0.05, 0) is 41.5 Å². The van der Waals surface area contributed by atoms with E-state index < -0.39 is 17.8 Å². The lowest BCUT2D eigenvalue weighted by atomic mass is 10.1. The number of hydrogen-bond acceptors (Lipinski definition) is 5. The van der Waals surface area contributed by atoms with Crippen molar-refractivity contribution in [1.82, 2.24) is 10.6 Å². The smallest absolute Gasteiger partial charge is 0.328 e. The summed E-state index contributed by atoms with van der Waals surface area (Å²) in [7, 11) is 1.49. The number of amides is 4. The molecule has 1 saturated heterocycles. The topological polar surface area (TPSA) is 93.7 Å². The van der Waals surface area contributed by atoms with Gasteiger partial charge in [0.1, 0.15) is 12.2 Å². The Bertz CT molecular complexity index is 916. The minimum absolute atomic E-state index is 0.175. The van der Waals surface area contributed by atoms with E-state index in [2.05, 4.69) is 0 Å². The summed E-state index contributed by atoms with van der Waals surface area (Å²) in [5.41, 5.74) is 1.31. The van der Waals surface area contributed by atoms with Crippen molar-refractivity contribution in [3.8, 4) is 11.5 Å². The number of imide groups is 2. The van der Waals surface area contributed by atoms with E-state index in [1.54, 1.807) is 30.3 Å². The van der Waals surface area contributed by atoms with Gasteiger partial charge in [-0.25, -0.2) is 4.79 Å². The Morgan fingerprint density at radius 3 is 2.26 bits per heavy atom. The number of methoxy groups -OCH3 is 1. The second-order valence-corrected chi connectivity index (χ2v) is 6.06. The van der Waals surface area contributed by atoms with Crippen LogP contribution in [0.3, 0.4) is 0 Å². The lowest BCUT2D eigenvalue weighted by Gasteiger charge is -2.15. The summed E-state index contributed by atoms with van der Waals surface area (Å²) in [6, 6.07) is 11.4. The maximum absolute atomic E-state index is 11.8. The number of carbonyl (C=O) groups excluding carboxylic acids is 3. The highest BCUT2D eigenvalue weighted by atomic mass is 35.5. The average molecular weight is 387 g/mol. The van der Waals surface area contributed by atoms with Crippen molar-refractivity contribution in [2.24, 2.45) is 0 Å². The number of benzene rings is 2. The highest BCUT2D eigenvalue weighted by Gasteiger charge is 2.27. The molecule has 1 aliphatic heterocycles. The monoisotopic (exact) mass is 386 g/mol. The maximum atomic E-state index is 11.8. The largest absolute Gasteiger partial charge is 0.493 e. The molecule has 3 rings (SSSR count). The van der Waals surface area contributed by atoms with Crippen LogP contribution in [0, 0.1) is 0 Å². The van der Waals surface area contributed by atoms with Gasteiger partial charge in [0.15, 0.2) is 11.5 Å². The summed E-state index contributed by atoms with van der Waals surface area (Å²) in [5.74, 6) is -0.579. The number of ether oxygens (including phenoxy) is 2. The minimum atomic E-state index is -0.842. The number of nitrogens with one attached hydrogen (secondary N) is 2. The summed E-state index contributed by atoms with van der Waals surface area (Å²) in [6.07, 6.45) is 1.36. The zero-order chi connectivity index (χ0) is 19.4. The van der Waals surface area contributed by atoms with Gasteiger partial charge in [-0.3, -0.25) is 20.2 Å². The van der Waals surface area contributed by atoms with E-state index in [1.165, 1.54) is 13.2 Å². The van der Waals surface area contributed by atoms with Gasteiger partial charge in [0.05, 0.1) is 7.11 Å². The van der Waals surface area contributed by atoms with Crippen molar-refractivity contribution in [1.29, 1.82) is 0 Å². The van der Waals surface area contributed by atoms with Crippen molar-refractivity contribution in [3.63, 3.8) is 0 Å². The van der Waals surface area contributed by atoms with E-state index in [0.29, 0.717) is 28.7 Å². The molecule has 138 valence electrons. The first kappa shape index (κ1) is 18.5. The molecule has 4 amide bonds. The van der Waals surface area contributed by atoms with E-state index in [4.69, 9.17) is 21.1 Å². The van der Waals surface area contributed by atoms with Crippen LogP contribution in [-0.2, 0) is 16.2 Å². The van der Waals surface area contributed by atoms with Crippen LogP contribution in [0.5, 0.6) is 11.5 Å². The van der Waals surface area contributed by atoms with Crippen LogP contribution in [0.2, 0.25) is 5.02 Å². The fourth-order valence-corrected chi connectivity index (χ4v) is 2.53. The number of halogens is 1. The Morgan fingerprint density at radius 2 is 1.63 bits per heavy atom. The van der Waals surface area contributed by atoms with Crippen molar-refractivity contribution < 1.29 is 23.9 Å². The Balaban J connectivity index is 1.78. The van der Waals surface area contributed by atoms with Gasteiger partial charge >= 0.3 is 6.03 Å². The van der Waals surface area contributed by atoms with Gasteiger partial charge in [0, 0.05) is 5.02 Å². The van der Waals surface area contributed by atoms with Crippen molar-refractivity contribution >= 4 is 35.5 Å². The van der Waals surface area contributed by atoms with Crippen LogP contribution in [0.4, 0.5) is 4.79 Å². The highest BCUT2D eigenvalue weighted by molar-refractivity contribution is 6.31. The molecule has 1 heterocycles. The highest BCUT2D eigenvalue weighted by Crippen LogP contribution is 2.30. The second-order valence-electron chi connectivity index (χ2n) is 5.62. The number of carbonyl (C=O) groups is 3. The predicted molar refractivity (Wildman–Crippen MR) is 98.4 cm³/mol. The van der Waals surface area contributed by atoms with Gasteiger partial charge in [-0.2, -0.15) is 0 Å². The Kier molecular flexibility index (Phi) is 5.42. The minimum Gasteiger partial charge on any atom is -0.493 e. The lowest BCUT2D eigenvalue weighted by Crippen LogP contribution is -2.51. The van der Waals surface area contributed by atoms with Crippen LogP contribution in [-0.4, -0.2) is 25.0 Å². The Labute approximate surface area is 159 Å². The van der Waals surface area contributed by atoms with Gasteiger partial charge in [-0.15, -0.1) is 0 Å². The van der Waals surface area contributed by atoms with E-state index in [0.717, 1.165) is 5.56 Å². The number of urea groups is 1. The molecule has 2 aromatic carbocycles. The third kappa shape index (κ3) is 4.45. The third-order valence-electron chi connectivity index (χ3n) is 3.75. The molecular weight excluding hydrogens is 372 g/mol. The normalized spacial score (nSPS) is 13.7. The molecule has 1 fully saturated rings. The molecule has 2 N–H and O–H groups in total. The zero-order valence-corrected chi connectivity index (χ0v) is 15.0. The molecule has 0 aromatic heterocycles. The predicted octanol–water partition coefficient (Wildman–Crippen LogP) is 2.68. The Morgan fingerprint density at radius 1 is 0.963 bits per heavy atom. The Hall–Kier alpha value is -3.32. The second kappa shape index (κ2) is 7.92. The molecule has 0 atom stereocenters. The fourth-order valence-electron chi connectivity index (χ4n) is 2.41. The van der Waals surface area contributed by atoms with Crippen molar-refractivity contribution in [3.05, 3.63) is 64.2 Å².